The number of hydrogen-bond donors (Lipinski definition) is 1. The largest absolute Gasteiger partial charge is 0.372 e. The summed E-state index contributed by atoms with van der Waals surface area (Å²) in [6.07, 6.45) is 6.24. The maximum absolute atomic E-state index is 8.78. The zero-order valence-electron chi connectivity index (χ0n) is 9.04. The number of hydrogen-bond acceptors (Lipinski definition) is 2. The van der Waals surface area contributed by atoms with Crippen LogP contribution in [0.25, 0.3) is 0 Å². The van der Waals surface area contributed by atoms with Crippen LogP contribution in [-0.2, 0) is 0 Å². The molecule has 0 saturated carbocycles. The van der Waals surface area contributed by atoms with Gasteiger partial charge in [0.25, 0.3) is 0 Å². The summed E-state index contributed by atoms with van der Waals surface area (Å²) in [7, 11) is 0. The molecule has 76 valence electrons. The second-order valence-corrected chi connectivity index (χ2v) is 3.41. The van der Waals surface area contributed by atoms with E-state index in [2.05, 4.69) is 17.3 Å². The van der Waals surface area contributed by atoms with E-state index < -0.39 is 0 Å². The highest BCUT2D eigenvalue weighted by atomic mass is 14.9. The van der Waals surface area contributed by atoms with E-state index in [0.29, 0.717) is 5.56 Å². The lowest BCUT2D eigenvalue weighted by Gasteiger charge is -2.12. The van der Waals surface area contributed by atoms with E-state index >= 15 is 0 Å². The molecule has 1 atom stereocenters. The molecule has 0 radical (unpaired) electrons. The molecule has 0 fully saturated rings. The lowest BCUT2D eigenvalue weighted by molar-refractivity contribution is 0.857. The van der Waals surface area contributed by atoms with Crippen molar-refractivity contribution in [3.63, 3.8) is 0 Å². The van der Waals surface area contributed by atoms with Crippen molar-refractivity contribution in [1.82, 2.24) is 0 Å². The maximum atomic E-state index is 8.78. The minimum atomic E-state index is 0.0531. The van der Waals surface area contributed by atoms with E-state index in [0.717, 1.165) is 17.7 Å². The van der Waals surface area contributed by atoms with Crippen molar-refractivity contribution < 1.29 is 0 Å². The number of nitrogens with zero attached hydrogens (tertiary/aromatic N) is 1. The molecule has 0 amide bonds. The number of nitrogens with one attached hydrogen (secondary N) is 1. The van der Waals surface area contributed by atoms with Gasteiger partial charge >= 0.3 is 0 Å². The van der Waals surface area contributed by atoms with Gasteiger partial charge in [0.2, 0.25) is 0 Å². The van der Waals surface area contributed by atoms with Gasteiger partial charge in [-0.15, -0.1) is 6.42 Å². The van der Waals surface area contributed by atoms with Gasteiger partial charge in [-0.2, -0.15) is 5.26 Å². The van der Waals surface area contributed by atoms with Crippen molar-refractivity contribution in [2.75, 3.05) is 5.32 Å². The van der Waals surface area contributed by atoms with Gasteiger partial charge in [0.1, 0.15) is 0 Å². The summed E-state index contributed by atoms with van der Waals surface area (Å²) >= 11 is 0. The first kappa shape index (κ1) is 11.1. The highest BCUT2D eigenvalue weighted by Gasteiger charge is 2.03. The summed E-state index contributed by atoms with van der Waals surface area (Å²) in [5.74, 6) is 2.67. The Morgan fingerprint density at radius 1 is 1.53 bits per heavy atom. The number of benzene rings is 1. The average molecular weight is 198 g/mol. The summed E-state index contributed by atoms with van der Waals surface area (Å²) in [5.41, 5.74) is 2.64. The molecule has 0 aromatic heterocycles. The van der Waals surface area contributed by atoms with Crippen molar-refractivity contribution in [2.24, 2.45) is 0 Å². The second-order valence-electron chi connectivity index (χ2n) is 3.41. The zero-order chi connectivity index (χ0) is 11.3. The number of nitriles is 1. The predicted octanol–water partition coefficient (Wildman–Crippen LogP) is 2.69. The molecule has 1 unspecified atom stereocenters. The van der Waals surface area contributed by atoms with Crippen LogP contribution in [-0.4, -0.2) is 6.04 Å². The lowest BCUT2D eigenvalue weighted by atomic mass is 10.1. The minimum Gasteiger partial charge on any atom is -0.372 e. The van der Waals surface area contributed by atoms with Crippen LogP contribution in [0.5, 0.6) is 0 Å². The van der Waals surface area contributed by atoms with Gasteiger partial charge in [-0.25, -0.2) is 0 Å². The van der Waals surface area contributed by atoms with E-state index in [1.807, 2.05) is 26.0 Å². The fraction of sp³-hybridized carbons (Fsp3) is 0.308. The second kappa shape index (κ2) is 5.08. The number of terminal acetylenes is 1. The van der Waals surface area contributed by atoms with Gasteiger partial charge in [-0.1, -0.05) is 12.8 Å². The van der Waals surface area contributed by atoms with Crippen LogP contribution >= 0.6 is 0 Å². The summed E-state index contributed by atoms with van der Waals surface area (Å²) in [4.78, 5) is 0. The molecule has 0 heterocycles. The van der Waals surface area contributed by atoms with Crippen molar-refractivity contribution in [3.8, 4) is 18.4 Å². The van der Waals surface area contributed by atoms with Crippen LogP contribution in [0.1, 0.15) is 24.5 Å². The molecular formula is C13H14N2. The van der Waals surface area contributed by atoms with Gasteiger partial charge in [0.05, 0.1) is 17.7 Å². The van der Waals surface area contributed by atoms with Crippen LogP contribution in [0.4, 0.5) is 5.69 Å². The monoisotopic (exact) mass is 198 g/mol. The average Bonchev–Trinajstić information content (AvgIpc) is 2.26. The van der Waals surface area contributed by atoms with Gasteiger partial charge < -0.3 is 5.32 Å². The summed E-state index contributed by atoms with van der Waals surface area (Å²) in [6, 6.07) is 7.82. The molecule has 2 heteroatoms. The van der Waals surface area contributed by atoms with Crippen molar-refractivity contribution >= 4 is 5.69 Å². The molecule has 1 aromatic carbocycles. The Labute approximate surface area is 90.9 Å². The molecule has 0 saturated heterocycles. The summed E-state index contributed by atoms with van der Waals surface area (Å²) in [5, 5.41) is 12.0. The van der Waals surface area contributed by atoms with Gasteiger partial charge in [-0.3, -0.25) is 0 Å². The van der Waals surface area contributed by atoms with Crippen LogP contribution in [0.3, 0.4) is 0 Å². The van der Waals surface area contributed by atoms with E-state index in [1.54, 1.807) is 6.07 Å². The highest BCUT2D eigenvalue weighted by molar-refractivity contribution is 5.52. The highest BCUT2D eigenvalue weighted by Crippen LogP contribution is 2.15. The van der Waals surface area contributed by atoms with Crippen LogP contribution in [0.2, 0.25) is 0 Å². The van der Waals surface area contributed by atoms with Crippen molar-refractivity contribution in [3.05, 3.63) is 29.3 Å². The quantitative estimate of drug-likeness (QED) is 0.758. The first-order valence-corrected chi connectivity index (χ1v) is 4.94. The van der Waals surface area contributed by atoms with Crippen LogP contribution < -0.4 is 5.32 Å². The zero-order valence-corrected chi connectivity index (χ0v) is 9.04. The van der Waals surface area contributed by atoms with Gasteiger partial charge in [-0.05, 0) is 37.1 Å². The first-order valence-electron chi connectivity index (χ1n) is 4.94. The summed E-state index contributed by atoms with van der Waals surface area (Å²) < 4.78 is 0. The summed E-state index contributed by atoms with van der Waals surface area (Å²) in [6.45, 7) is 3.95. The Kier molecular flexibility index (Phi) is 3.77. The number of anilines is 1. The smallest absolute Gasteiger partial charge is 0.0994 e. The Bertz CT molecular complexity index is 421. The van der Waals surface area contributed by atoms with E-state index in [9.17, 15) is 0 Å². The minimum absolute atomic E-state index is 0.0531. The molecule has 2 nitrogen and oxygen atoms in total. The standard InChI is InChI=1S/C13H14N2/c1-4-12(5-2)15-13-7-6-11(9-14)10(3)8-13/h1,6-8,12,15H,5H2,2-3H3. The molecule has 0 aliphatic carbocycles. The fourth-order valence-corrected chi connectivity index (χ4v) is 1.34. The molecule has 0 aliphatic rings. The number of aryl methyl sites for hydroxylation is 1. The Balaban J connectivity index is 2.86. The van der Waals surface area contributed by atoms with E-state index in [-0.39, 0.29) is 6.04 Å². The molecule has 15 heavy (non-hydrogen) atoms. The Hall–Kier alpha value is -1.93. The van der Waals surface area contributed by atoms with Gasteiger partial charge in [0, 0.05) is 5.69 Å². The Morgan fingerprint density at radius 3 is 2.73 bits per heavy atom. The van der Waals surface area contributed by atoms with Crippen LogP contribution in [0.15, 0.2) is 18.2 Å². The Morgan fingerprint density at radius 2 is 2.27 bits per heavy atom. The van der Waals surface area contributed by atoms with Gasteiger partial charge in [0.15, 0.2) is 0 Å². The fourth-order valence-electron chi connectivity index (χ4n) is 1.34. The van der Waals surface area contributed by atoms with E-state index in [1.165, 1.54) is 0 Å². The molecule has 0 spiro atoms. The van der Waals surface area contributed by atoms with Crippen molar-refractivity contribution in [2.45, 2.75) is 26.3 Å². The molecule has 0 bridgehead atoms. The predicted molar refractivity (Wildman–Crippen MR) is 62.4 cm³/mol. The number of rotatable bonds is 3. The molecule has 0 aliphatic heterocycles. The topological polar surface area (TPSA) is 35.8 Å². The molecule has 1 rings (SSSR count). The van der Waals surface area contributed by atoms with E-state index in [4.69, 9.17) is 11.7 Å². The third-order valence-corrected chi connectivity index (χ3v) is 2.30. The maximum Gasteiger partial charge on any atom is 0.0994 e. The molecule has 1 N–H and O–H groups in total. The first-order chi connectivity index (χ1) is 7.21. The van der Waals surface area contributed by atoms with Crippen molar-refractivity contribution in [1.29, 1.82) is 5.26 Å². The molecular weight excluding hydrogens is 184 g/mol. The third kappa shape index (κ3) is 2.76. The normalized spacial score (nSPS) is 11.2. The lowest BCUT2D eigenvalue weighted by Crippen LogP contribution is -2.15. The molecule has 1 aromatic rings. The SMILES string of the molecule is C#CC(CC)Nc1ccc(C#N)c(C)c1. The third-order valence-electron chi connectivity index (χ3n) is 2.30. The van der Waals surface area contributed by atoms with Crippen LogP contribution in [0, 0.1) is 30.6 Å².